The predicted molar refractivity (Wildman–Crippen MR) is 62.9 cm³/mol. The van der Waals surface area contributed by atoms with Gasteiger partial charge in [-0.05, 0) is 12.8 Å². The van der Waals surface area contributed by atoms with Gasteiger partial charge in [0.15, 0.2) is 0 Å². The standard InChI is InChI=1S/C12H16N2O4/c15-10(14-9-7-13-18-8-9)6-12(11(16)17)4-2-1-3-5-12/h7-8H,1-6H2,(H,14,15)(H,16,17). The highest BCUT2D eigenvalue weighted by molar-refractivity contribution is 5.94. The molecular formula is C12H16N2O4. The first-order valence-corrected chi connectivity index (χ1v) is 6.05. The van der Waals surface area contributed by atoms with Crippen molar-refractivity contribution in [1.29, 1.82) is 0 Å². The second kappa shape index (κ2) is 5.20. The number of carboxylic acids is 1. The third-order valence-electron chi connectivity index (χ3n) is 3.48. The minimum atomic E-state index is -0.903. The van der Waals surface area contributed by atoms with Crippen molar-refractivity contribution >= 4 is 17.6 Å². The molecule has 0 aliphatic heterocycles. The van der Waals surface area contributed by atoms with Crippen LogP contribution >= 0.6 is 0 Å². The maximum atomic E-state index is 11.8. The number of carbonyl (C=O) groups excluding carboxylic acids is 1. The summed E-state index contributed by atoms with van der Waals surface area (Å²) in [6, 6.07) is 0. The van der Waals surface area contributed by atoms with Crippen LogP contribution < -0.4 is 5.32 Å². The molecule has 2 rings (SSSR count). The third kappa shape index (κ3) is 2.69. The van der Waals surface area contributed by atoms with Crippen LogP contribution in [-0.4, -0.2) is 22.1 Å². The maximum Gasteiger partial charge on any atom is 0.310 e. The molecule has 6 heteroatoms. The van der Waals surface area contributed by atoms with Gasteiger partial charge in [-0.25, -0.2) is 0 Å². The average Bonchev–Trinajstić information content (AvgIpc) is 2.82. The van der Waals surface area contributed by atoms with Crippen LogP contribution in [0.2, 0.25) is 0 Å². The zero-order valence-electron chi connectivity index (χ0n) is 10.0. The van der Waals surface area contributed by atoms with E-state index < -0.39 is 11.4 Å². The van der Waals surface area contributed by atoms with Crippen LogP contribution in [0, 0.1) is 5.41 Å². The molecule has 0 atom stereocenters. The second-order valence-electron chi connectivity index (χ2n) is 4.78. The molecule has 1 aliphatic rings. The molecule has 6 nitrogen and oxygen atoms in total. The molecule has 0 spiro atoms. The predicted octanol–water partition coefficient (Wildman–Crippen LogP) is 2.04. The van der Waals surface area contributed by atoms with Gasteiger partial charge in [0, 0.05) is 6.42 Å². The van der Waals surface area contributed by atoms with E-state index in [0.717, 1.165) is 19.3 Å². The number of amides is 1. The van der Waals surface area contributed by atoms with E-state index >= 15 is 0 Å². The Balaban J connectivity index is 2.00. The zero-order chi connectivity index (χ0) is 13.0. The van der Waals surface area contributed by atoms with Crippen molar-refractivity contribution in [2.45, 2.75) is 38.5 Å². The molecule has 1 aromatic heterocycles. The first kappa shape index (κ1) is 12.6. The lowest BCUT2D eigenvalue weighted by molar-refractivity contribution is -0.153. The fraction of sp³-hybridized carbons (Fsp3) is 0.583. The number of hydrogen-bond donors (Lipinski definition) is 2. The van der Waals surface area contributed by atoms with E-state index in [1.54, 1.807) is 0 Å². The summed E-state index contributed by atoms with van der Waals surface area (Å²) in [5, 5.41) is 15.4. The van der Waals surface area contributed by atoms with Crippen molar-refractivity contribution < 1.29 is 19.2 Å². The fourth-order valence-electron chi connectivity index (χ4n) is 2.47. The molecule has 1 amide bonds. The van der Waals surface area contributed by atoms with Gasteiger partial charge >= 0.3 is 5.97 Å². The zero-order valence-corrected chi connectivity index (χ0v) is 10.0. The highest BCUT2D eigenvalue weighted by Gasteiger charge is 2.41. The Morgan fingerprint density at radius 1 is 1.39 bits per heavy atom. The molecule has 0 aromatic carbocycles. The first-order valence-electron chi connectivity index (χ1n) is 6.05. The van der Waals surface area contributed by atoms with Gasteiger partial charge in [-0.1, -0.05) is 24.4 Å². The minimum absolute atomic E-state index is 0.00745. The van der Waals surface area contributed by atoms with Gasteiger partial charge in [-0.3, -0.25) is 9.59 Å². The summed E-state index contributed by atoms with van der Waals surface area (Å²) < 4.78 is 4.60. The van der Waals surface area contributed by atoms with Gasteiger partial charge in [-0.15, -0.1) is 0 Å². The van der Waals surface area contributed by atoms with Crippen molar-refractivity contribution in [3.05, 3.63) is 12.5 Å². The van der Waals surface area contributed by atoms with E-state index in [1.807, 2.05) is 0 Å². The molecule has 18 heavy (non-hydrogen) atoms. The maximum absolute atomic E-state index is 11.8. The SMILES string of the molecule is O=C(CC1(C(=O)O)CCCCC1)Nc1cnoc1. The normalized spacial score (nSPS) is 18.2. The summed E-state index contributed by atoms with van der Waals surface area (Å²) in [6.45, 7) is 0. The molecule has 1 saturated carbocycles. The molecule has 2 N–H and O–H groups in total. The molecular weight excluding hydrogens is 236 g/mol. The molecule has 0 unspecified atom stereocenters. The van der Waals surface area contributed by atoms with Crippen LogP contribution in [0.1, 0.15) is 38.5 Å². The lowest BCUT2D eigenvalue weighted by Crippen LogP contribution is -2.37. The van der Waals surface area contributed by atoms with Gasteiger partial charge in [0.2, 0.25) is 5.91 Å². The number of rotatable bonds is 4. The second-order valence-corrected chi connectivity index (χ2v) is 4.78. The van der Waals surface area contributed by atoms with Crippen molar-refractivity contribution in [3.8, 4) is 0 Å². The number of hydrogen-bond acceptors (Lipinski definition) is 4. The molecule has 0 radical (unpaired) electrons. The number of aliphatic carboxylic acids is 1. The monoisotopic (exact) mass is 252 g/mol. The smallest absolute Gasteiger partial charge is 0.310 e. The number of nitrogens with zero attached hydrogens (tertiary/aromatic N) is 1. The summed E-state index contributed by atoms with van der Waals surface area (Å²) in [4.78, 5) is 23.2. The summed E-state index contributed by atoms with van der Waals surface area (Å²) in [7, 11) is 0. The molecule has 0 saturated heterocycles. The number of carbonyl (C=O) groups is 2. The van der Waals surface area contributed by atoms with E-state index in [9.17, 15) is 14.7 Å². The van der Waals surface area contributed by atoms with Gasteiger partial charge in [0.05, 0.1) is 11.6 Å². The van der Waals surface area contributed by atoms with Crippen molar-refractivity contribution in [2.75, 3.05) is 5.32 Å². The topological polar surface area (TPSA) is 92.4 Å². The number of nitrogens with one attached hydrogen (secondary N) is 1. The largest absolute Gasteiger partial charge is 0.481 e. The third-order valence-corrected chi connectivity index (χ3v) is 3.48. The Morgan fingerprint density at radius 2 is 2.11 bits per heavy atom. The lowest BCUT2D eigenvalue weighted by Gasteiger charge is -2.32. The van der Waals surface area contributed by atoms with Crippen LogP contribution in [0.4, 0.5) is 5.69 Å². The Labute approximate surface area is 104 Å². The number of aromatic nitrogens is 1. The Bertz CT molecular complexity index is 421. The van der Waals surface area contributed by atoms with E-state index in [4.69, 9.17) is 0 Å². The highest BCUT2D eigenvalue weighted by atomic mass is 16.5. The molecule has 98 valence electrons. The van der Waals surface area contributed by atoms with E-state index in [2.05, 4.69) is 15.0 Å². The van der Waals surface area contributed by atoms with Crippen LogP contribution in [-0.2, 0) is 9.59 Å². The average molecular weight is 252 g/mol. The van der Waals surface area contributed by atoms with E-state index in [1.165, 1.54) is 12.5 Å². The van der Waals surface area contributed by atoms with Gasteiger partial charge in [0.25, 0.3) is 0 Å². The van der Waals surface area contributed by atoms with E-state index in [-0.39, 0.29) is 12.3 Å². The first-order chi connectivity index (χ1) is 8.62. The molecule has 1 aromatic rings. The van der Waals surface area contributed by atoms with Crippen LogP contribution in [0.25, 0.3) is 0 Å². The van der Waals surface area contributed by atoms with Gasteiger partial charge in [-0.2, -0.15) is 0 Å². The number of anilines is 1. The highest BCUT2D eigenvalue weighted by Crippen LogP contribution is 2.39. The van der Waals surface area contributed by atoms with Gasteiger partial charge in [0.1, 0.15) is 12.0 Å². The molecule has 1 fully saturated rings. The van der Waals surface area contributed by atoms with E-state index in [0.29, 0.717) is 18.5 Å². The lowest BCUT2D eigenvalue weighted by atomic mass is 9.71. The minimum Gasteiger partial charge on any atom is -0.481 e. The van der Waals surface area contributed by atoms with Crippen LogP contribution in [0.5, 0.6) is 0 Å². The summed E-state index contributed by atoms with van der Waals surface area (Å²) in [6.07, 6.45) is 6.62. The Kier molecular flexibility index (Phi) is 3.64. The summed E-state index contributed by atoms with van der Waals surface area (Å²) in [5.74, 6) is -1.18. The van der Waals surface area contributed by atoms with Crippen molar-refractivity contribution in [3.63, 3.8) is 0 Å². The quantitative estimate of drug-likeness (QED) is 0.855. The molecule has 1 aliphatic carbocycles. The van der Waals surface area contributed by atoms with Crippen LogP contribution in [0.3, 0.4) is 0 Å². The fourth-order valence-corrected chi connectivity index (χ4v) is 2.47. The summed E-state index contributed by atoms with van der Waals surface area (Å²) >= 11 is 0. The number of carboxylic acid groups (broad SMARTS) is 1. The van der Waals surface area contributed by atoms with Crippen molar-refractivity contribution in [1.82, 2.24) is 5.16 Å². The Hall–Kier alpha value is -1.85. The van der Waals surface area contributed by atoms with Crippen molar-refractivity contribution in [2.24, 2.45) is 5.41 Å². The molecule has 0 bridgehead atoms. The molecule has 1 heterocycles. The summed E-state index contributed by atoms with van der Waals surface area (Å²) in [5.41, 5.74) is -0.448. The Morgan fingerprint density at radius 3 is 2.67 bits per heavy atom. The van der Waals surface area contributed by atoms with Crippen LogP contribution in [0.15, 0.2) is 17.0 Å². The van der Waals surface area contributed by atoms with Gasteiger partial charge < -0.3 is 14.9 Å².